The summed E-state index contributed by atoms with van der Waals surface area (Å²) in [5.41, 5.74) is 5.60. The van der Waals surface area contributed by atoms with Crippen LogP contribution in [0.4, 0.5) is 10.1 Å². The van der Waals surface area contributed by atoms with E-state index < -0.39 is 26.7 Å². The minimum atomic E-state index is -4.06. The van der Waals surface area contributed by atoms with Gasteiger partial charge in [-0.25, -0.2) is 22.3 Å². The highest BCUT2D eigenvalue weighted by Crippen LogP contribution is 2.26. The van der Waals surface area contributed by atoms with Gasteiger partial charge in [0.1, 0.15) is 16.8 Å². The Morgan fingerprint density at radius 2 is 2.12 bits per heavy atom. The maximum Gasteiger partial charge on any atom is 0.357 e. The number of sulfonamides is 1. The zero-order valence-electron chi connectivity index (χ0n) is 12.7. The third kappa shape index (κ3) is 2.82. The Kier molecular flexibility index (Phi) is 4.59. The van der Waals surface area contributed by atoms with Crippen LogP contribution in [0.5, 0.6) is 0 Å². The molecule has 24 heavy (non-hydrogen) atoms. The molecule has 1 aromatic carbocycles. The molecular weight excluding hydrogens is 339 g/mol. The highest BCUT2D eigenvalue weighted by atomic mass is 32.2. The molecule has 0 aliphatic carbocycles. The minimum absolute atomic E-state index is 0.00208. The Balaban J connectivity index is 2.77. The van der Waals surface area contributed by atoms with Gasteiger partial charge in [0.25, 0.3) is 0 Å². The van der Waals surface area contributed by atoms with E-state index in [2.05, 4.69) is 4.74 Å². The second kappa shape index (κ2) is 6.31. The Morgan fingerprint density at radius 1 is 1.46 bits per heavy atom. The average Bonchev–Trinajstić information content (AvgIpc) is 2.91. The van der Waals surface area contributed by atoms with Crippen LogP contribution >= 0.6 is 0 Å². The summed E-state index contributed by atoms with van der Waals surface area (Å²) < 4.78 is 45.4. The molecule has 0 fully saturated rings. The molecule has 0 radical (unpaired) electrons. The molecule has 0 bridgehead atoms. The van der Waals surface area contributed by atoms with E-state index >= 15 is 0 Å². The third-order valence-corrected chi connectivity index (χ3v) is 4.72. The van der Waals surface area contributed by atoms with E-state index in [4.69, 9.17) is 11.0 Å². The van der Waals surface area contributed by atoms with Gasteiger partial charge in [-0.3, -0.25) is 0 Å². The number of rotatable bonds is 4. The number of hydrogen-bond acceptors (Lipinski definition) is 6. The quantitative estimate of drug-likeness (QED) is 0.782. The lowest BCUT2D eigenvalue weighted by molar-refractivity contribution is 0.0593. The lowest BCUT2D eigenvalue weighted by atomic mass is 10.2. The lowest BCUT2D eigenvalue weighted by Gasteiger charge is -2.11. The summed E-state index contributed by atoms with van der Waals surface area (Å²) in [5.74, 6) is -1.79. The van der Waals surface area contributed by atoms with E-state index in [1.54, 1.807) is 0 Å². The number of esters is 1. The number of benzene rings is 1. The Hall–Kier alpha value is -2.90. The number of carbonyl (C=O) groups excluding carboxylic acids is 1. The van der Waals surface area contributed by atoms with Crippen molar-refractivity contribution in [1.82, 2.24) is 9.29 Å². The lowest BCUT2D eigenvalue weighted by Crippen LogP contribution is -2.20. The first-order valence-corrected chi connectivity index (χ1v) is 7.97. The van der Waals surface area contributed by atoms with Gasteiger partial charge in [0, 0.05) is 11.9 Å². The molecule has 1 heterocycles. The molecule has 0 amide bonds. The van der Waals surface area contributed by atoms with Crippen LogP contribution in [0, 0.1) is 17.1 Å². The largest absolute Gasteiger partial charge is 0.464 e. The highest BCUT2D eigenvalue weighted by molar-refractivity contribution is 7.89. The number of hydrogen-bond donors (Lipinski definition) is 2. The van der Waals surface area contributed by atoms with Crippen molar-refractivity contribution in [2.75, 3.05) is 19.9 Å². The Labute approximate surface area is 137 Å². The molecule has 1 aromatic heterocycles. The molecule has 0 atom stereocenters. The first-order valence-electron chi connectivity index (χ1n) is 6.49. The van der Waals surface area contributed by atoms with Gasteiger partial charge >= 0.3 is 5.97 Å². The van der Waals surface area contributed by atoms with Crippen LogP contribution in [-0.4, -0.2) is 33.1 Å². The van der Waals surface area contributed by atoms with E-state index in [0.29, 0.717) is 0 Å². The predicted molar refractivity (Wildman–Crippen MR) is 82.4 cm³/mol. The summed E-state index contributed by atoms with van der Waals surface area (Å²) in [7, 11) is -1.78. The Bertz CT molecular complexity index is 960. The van der Waals surface area contributed by atoms with Gasteiger partial charge in [0.2, 0.25) is 10.0 Å². The molecule has 2 aromatic rings. The summed E-state index contributed by atoms with van der Waals surface area (Å²) in [5, 5.41) is 9.06. The zero-order valence-corrected chi connectivity index (χ0v) is 13.5. The Morgan fingerprint density at radius 3 is 2.67 bits per heavy atom. The molecule has 10 heteroatoms. The molecule has 0 saturated carbocycles. The van der Waals surface area contributed by atoms with Crippen molar-refractivity contribution < 1.29 is 22.3 Å². The molecule has 2 rings (SSSR count). The summed E-state index contributed by atoms with van der Waals surface area (Å²) in [6.07, 6.45) is 1.24. The fraction of sp³-hybridized carbons (Fsp3) is 0.143. The second-order valence-corrected chi connectivity index (χ2v) is 6.46. The number of nitrogens with one attached hydrogen (secondary N) is 1. The third-order valence-electron chi connectivity index (χ3n) is 3.29. The number of ether oxygens (including phenoxy) is 1. The predicted octanol–water partition coefficient (Wildman–Crippen LogP) is 0.765. The summed E-state index contributed by atoms with van der Waals surface area (Å²) in [6.45, 7) is 0. The molecule has 8 nitrogen and oxygen atoms in total. The first-order chi connectivity index (χ1) is 11.3. The SMILES string of the molecule is CNS(=O)(=O)c1cc(-n2cc(C#N)c(N)c2C(=O)OC)ccc1F. The minimum Gasteiger partial charge on any atom is -0.464 e. The molecule has 0 unspecified atom stereocenters. The maximum atomic E-state index is 13.8. The molecule has 0 aliphatic heterocycles. The van der Waals surface area contributed by atoms with Crippen LogP contribution in [0.1, 0.15) is 16.1 Å². The first kappa shape index (κ1) is 17.5. The number of nitrogens with two attached hydrogens (primary N) is 1. The number of halogens is 1. The molecule has 0 saturated heterocycles. The summed E-state index contributed by atoms with van der Waals surface area (Å²) in [4.78, 5) is 11.3. The van der Waals surface area contributed by atoms with Crippen LogP contribution < -0.4 is 10.5 Å². The molecule has 0 aliphatic rings. The normalized spacial score (nSPS) is 11.1. The number of methoxy groups -OCH3 is 1. The van der Waals surface area contributed by atoms with Crippen molar-refractivity contribution in [1.29, 1.82) is 5.26 Å². The molecule has 3 N–H and O–H groups in total. The van der Waals surface area contributed by atoms with Gasteiger partial charge in [0.05, 0.1) is 18.4 Å². The monoisotopic (exact) mass is 352 g/mol. The van der Waals surface area contributed by atoms with Crippen molar-refractivity contribution in [3.05, 3.63) is 41.5 Å². The van der Waals surface area contributed by atoms with E-state index in [0.717, 1.165) is 26.3 Å². The van der Waals surface area contributed by atoms with Crippen molar-refractivity contribution in [3.63, 3.8) is 0 Å². The molecular formula is C14H13FN4O4S. The topological polar surface area (TPSA) is 127 Å². The fourth-order valence-corrected chi connectivity index (χ4v) is 2.90. The smallest absolute Gasteiger partial charge is 0.357 e. The van der Waals surface area contributed by atoms with Crippen molar-refractivity contribution in [3.8, 4) is 11.8 Å². The van der Waals surface area contributed by atoms with Crippen LogP contribution in [0.15, 0.2) is 29.3 Å². The van der Waals surface area contributed by atoms with Gasteiger partial charge in [-0.15, -0.1) is 0 Å². The van der Waals surface area contributed by atoms with E-state index in [1.807, 2.05) is 10.8 Å². The van der Waals surface area contributed by atoms with E-state index in [9.17, 15) is 17.6 Å². The van der Waals surface area contributed by atoms with Crippen molar-refractivity contribution in [2.45, 2.75) is 4.90 Å². The van der Waals surface area contributed by atoms with Crippen LogP contribution in [0.3, 0.4) is 0 Å². The highest BCUT2D eigenvalue weighted by Gasteiger charge is 2.24. The van der Waals surface area contributed by atoms with Crippen LogP contribution in [-0.2, 0) is 14.8 Å². The fourth-order valence-electron chi connectivity index (χ4n) is 2.08. The van der Waals surface area contributed by atoms with Crippen molar-refractivity contribution in [2.24, 2.45) is 0 Å². The maximum absolute atomic E-state index is 13.8. The number of nitriles is 1. The molecule has 0 spiro atoms. The van der Waals surface area contributed by atoms with E-state index in [-0.39, 0.29) is 22.6 Å². The van der Waals surface area contributed by atoms with Crippen LogP contribution in [0.25, 0.3) is 5.69 Å². The van der Waals surface area contributed by atoms with Gasteiger partial charge in [-0.2, -0.15) is 5.26 Å². The number of nitrogen functional groups attached to an aromatic ring is 1. The van der Waals surface area contributed by atoms with Gasteiger partial charge in [-0.1, -0.05) is 0 Å². The van der Waals surface area contributed by atoms with Gasteiger partial charge in [0.15, 0.2) is 5.69 Å². The second-order valence-electron chi connectivity index (χ2n) is 4.60. The van der Waals surface area contributed by atoms with Gasteiger partial charge < -0.3 is 15.0 Å². The number of aromatic nitrogens is 1. The van der Waals surface area contributed by atoms with Crippen LogP contribution in [0.2, 0.25) is 0 Å². The van der Waals surface area contributed by atoms with Crippen molar-refractivity contribution >= 4 is 21.7 Å². The van der Waals surface area contributed by atoms with E-state index in [1.165, 1.54) is 16.8 Å². The number of carbonyl (C=O) groups is 1. The van der Waals surface area contributed by atoms with Gasteiger partial charge in [-0.05, 0) is 25.2 Å². The zero-order chi connectivity index (χ0) is 18.1. The summed E-state index contributed by atoms with van der Waals surface area (Å²) >= 11 is 0. The standard InChI is InChI=1S/C14H13FN4O4S/c1-18-24(21,22)11-5-9(3-4-10(11)15)19-7-8(6-16)12(17)13(19)14(20)23-2/h3-5,7,18H,17H2,1-2H3. The number of nitrogens with zero attached hydrogens (tertiary/aromatic N) is 2. The number of anilines is 1. The molecule has 126 valence electrons. The summed E-state index contributed by atoms with van der Waals surface area (Å²) in [6, 6.07) is 5.02. The average molecular weight is 352 g/mol.